The average molecular weight is 264 g/mol. The molecular weight excluding hydrogens is 248 g/mol. The van der Waals surface area contributed by atoms with Crippen molar-refractivity contribution in [3.8, 4) is 0 Å². The lowest BCUT2D eigenvalue weighted by molar-refractivity contribution is -0.144. The summed E-state index contributed by atoms with van der Waals surface area (Å²) in [6.45, 7) is 2.96. The Morgan fingerprint density at radius 1 is 1.47 bits per heavy atom. The summed E-state index contributed by atoms with van der Waals surface area (Å²) in [7, 11) is 1.83. The lowest BCUT2D eigenvalue weighted by Crippen LogP contribution is -2.26. The van der Waals surface area contributed by atoms with E-state index >= 15 is 0 Å². The minimum atomic E-state index is -0.466. The first kappa shape index (κ1) is 13.4. The number of oxazole rings is 1. The monoisotopic (exact) mass is 264 g/mol. The quantitative estimate of drug-likeness (QED) is 0.819. The summed E-state index contributed by atoms with van der Waals surface area (Å²) in [4.78, 5) is 26.8. The second-order valence-corrected chi connectivity index (χ2v) is 4.32. The number of carbonyl (C=O) groups excluding carboxylic acids is 1. The SMILES string of the molecule is CCOC(=O)CN(C)Cc1ccc2[nH]c(=O)oc2c1. The summed E-state index contributed by atoms with van der Waals surface area (Å²) in [6.07, 6.45) is 0. The number of nitrogens with zero attached hydrogens (tertiary/aromatic N) is 1. The van der Waals surface area contributed by atoms with Gasteiger partial charge < -0.3 is 9.15 Å². The van der Waals surface area contributed by atoms with Crippen LogP contribution in [0.5, 0.6) is 0 Å². The van der Waals surface area contributed by atoms with Crippen molar-refractivity contribution in [2.45, 2.75) is 13.5 Å². The van der Waals surface area contributed by atoms with Crippen LogP contribution in [0.25, 0.3) is 11.1 Å². The van der Waals surface area contributed by atoms with E-state index in [0.29, 0.717) is 24.3 Å². The fraction of sp³-hybridized carbons (Fsp3) is 0.385. The van der Waals surface area contributed by atoms with Crippen LogP contribution in [0.4, 0.5) is 0 Å². The molecule has 1 N–H and O–H groups in total. The molecule has 1 aromatic carbocycles. The Hall–Kier alpha value is -2.08. The zero-order valence-electron chi connectivity index (χ0n) is 10.9. The highest BCUT2D eigenvalue weighted by Crippen LogP contribution is 2.13. The second kappa shape index (κ2) is 5.71. The summed E-state index contributed by atoms with van der Waals surface area (Å²) in [5.74, 6) is -0.716. The molecule has 2 rings (SSSR count). The molecule has 0 saturated carbocycles. The molecule has 1 aromatic heterocycles. The van der Waals surface area contributed by atoms with Crippen molar-refractivity contribution in [3.05, 3.63) is 34.3 Å². The molecule has 0 aliphatic heterocycles. The molecule has 6 heteroatoms. The molecule has 0 unspecified atom stereocenters. The molecule has 0 fully saturated rings. The molecule has 0 radical (unpaired) electrons. The third-order valence-electron chi connectivity index (χ3n) is 2.64. The first-order valence-electron chi connectivity index (χ1n) is 6.04. The number of likely N-dealkylation sites (N-methyl/N-ethyl adjacent to an activating group) is 1. The molecule has 102 valence electrons. The van der Waals surface area contributed by atoms with Crippen molar-refractivity contribution in [3.63, 3.8) is 0 Å². The van der Waals surface area contributed by atoms with Gasteiger partial charge in [-0.05, 0) is 31.7 Å². The minimum Gasteiger partial charge on any atom is -0.465 e. The van der Waals surface area contributed by atoms with Crippen LogP contribution in [0.3, 0.4) is 0 Å². The van der Waals surface area contributed by atoms with E-state index in [9.17, 15) is 9.59 Å². The van der Waals surface area contributed by atoms with E-state index in [1.807, 2.05) is 18.0 Å². The number of hydrogen-bond donors (Lipinski definition) is 1. The van der Waals surface area contributed by atoms with Crippen LogP contribution in [0.2, 0.25) is 0 Å². The highest BCUT2D eigenvalue weighted by atomic mass is 16.5. The highest BCUT2D eigenvalue weighted by molar-refractivity contribution is 5.73. The topological polar surface area (TPSA) is 75.5 Å². The van der Waals surface area contributed by atoms with Gasteiger partial charge in [-0.15, -0.1) is 0 Å². The summed E-state index contributed by atoms with van der Waals surface area (Å²) < 4.78 is 9.87. The van der Waals surface area contributed by atoms with Gasteiger partial charge in [-0.3, -0.25) is 14.7 Å². The summed E-state index contributed by atoms with van der Waals surface area (Å²) in [5.41, 5.74) is 2.15. The lowest BCUT2D eigenvalue weighted by atomic mass is 10.2. The number of nitrogens with one attached hydrogen (secondary N) is 1. The van der Waals surface area contributed by atoms with Crippen molar-refractivity contribution < 1.29 is 13.9 Å². The van der Waals surface area contributed by atoms with Crippen LogP contribution in [0.15, 0.2) is 27.4 Å². The number of rotatable bonds is 5. The summed E-state index contributed by atoms with van der Waals surface area (Å²) in [5, 5.41) is 0. The number of esters is 1. The molecule has 0 aliphatic carbocycles. The summed E-state index contributed by atoms with van der Waals surface area (Å²) in [6, 6.07) is 5.46. The molecule has 19 heavy (non-hydrogen) atoms. The molecule has 0 bridgehead atoms. The molecule has 1 heterocycles. The Balaban J connectivity index is 2.04. The van der Waals surface area contributed by atoms with Gasteiger partial charge in [0.05, 0.1) is 18.7 Å². The fourth-order valence-electron chi connectivity index (χ4n) is 1.88. The third kappa shape index (κ3) is 3.45. The van der Waals surface area contributed by atoms with E-state index in [1.54, 1.807) is 19.1 Å². The van der Waals surface area contributed by atoms with E-state index in [-0.39, 0.29) is 12.5 Å². The van der Waals surface area contributed by atoms with Crippen molar-refractivity contribution in [2.75, 3.05) is 20.2 Å². The van der Waals surface area contributed by atoms with Gasteiger partial charge in [-0.2, -0.15) is 0 Å². The van der Waals surface area contributed by atoms with Crippen molar-refractivity contribution in [1.82, 2.24) is 9.88 Å². The number of aromatic amines is 1. The van der Waals surface area contributed by atoms with Gasteiger partial charge in [0.1, 0.15) is 0 Å². The van der Waals surface area contributed by atoms with Gasteiger partial charge in [0, 0.05) is 6.54 Å². The fourth-order valence-corrected chi connectivity index (χ4v) is 1.88. The minimum absolute atomic E-state index is 0.225. The van der Waals surface area contributed by atoms with Crippen LogP contribution in [-0.2, 0) is 16.1 Å². The summed E-state index contributed by atoms with van der Waals surface area (Å²) >= 11 is 0. The number of aromatic nitrogens is 1. The van der Waals surface area contributed by atoms with E-state index in [2.05, 4.69) is 4.98 Å². The predicted molar refractivity (Wildman–Crippen MR) is 69.8 cm³/mol. The molecule has 0 saturated heterocycles. The number of ether oxygens (including phenoxy) is 1. The first-order valence-corrected chi connectivity index (χ1v) is 6.04. The zero-order valence-corrected chi connectivity index (χ0v) is 10.9. The Morgan fingerprint density at radius 2 is 2.26 bits per heavy atom. The van der Waals surface area contributed by atoms with Crippen molar-refractivity contribution in [1.29, 1.82) is 0 Å². The second-order valence-electron chi connectivity index (χ2n) is 4.32. The van der Waals surface area contributed by atoms with Crippen LogP contribution in [0, 0.1) is 0 Å². The number of carbonyl (C=O) groups is 1. The number of H-pyrrole nitrogens is 1. The molecule has 0 spiro atoms. The maximum absolute atomic E-state index is 11.3. The Morgan fingerprint density at radius 3 is 3.00 bits per heavy atom. The number of hydrogen-bond acceptors (Lipinski definition) is 5. The van der Waals surface area contributed by atoms with Crippen LogP contribution < -0.4 is 5.76 Å². The molecular formula is C13H16N2O4. The van der Waals surface area contributed by atoms with Gasteiger partial charge >= 0.3 is 11.7 Å². The predicted octanol–water partition coefficient (Wildman–Crippen LogP) is 1.12. The van der Waals surface area contributed by atoms with Crippen LogP contribution in [0.1, 0.15) is 12.5 Å². The van der Waals surface area contributed by atoms with Gasteiger partial charge in [-0.25, -0.2) is 4.79 Å². The Kier molecular flexibility index (Phi) is 4.01. The van der Waals surface area contributed by atoms with Crippen LogP contribution >= 0.6 is 0 Å². The number of fused-ring (bicyclic) bond motifs is 1. The van der Waals surface area contributed by atoms with E-state index in [4.69, 9.17) is 9.15 Å². The zero-order chi connectivity index (χ0) is 13.8. The maximum Gasteiger partial charge on any atom is 0.417 e. The van der Waals surface area contributed by atoms with Crippen molar-refractivity contribution >= 4 is 17.1 Å². The van der Waals surface area contributed by atoms with E-state index < -0.39 is 5.76 Å². The molecule has 2 aromatic rings. The molecule has 6 nitrogen and oxygen atoms in total. The van der Waals surface area contributed by atoms with Gasteiger partial charge in [-0.1, -0.05) is 6.07 Å². The van der Waals surface area contributed by atoms with E-state index in [0.717, 1.165) is 5.56 Å². The Bertz CT molecular complexity index is 629. The lowest BCUT2D eigenvalue weighted by Gasteiger charge is -2.15. The molecule has 0 amide bonds. The third-order valence-corrected chi connectivity index (χ3v) is 2.64. The highest BCUT2D eigenvalue weighted by Gasteiger charge is 2.09. The largest absolute Gasteiger partial charge is 0.465 e. The number of benzene rings is 1. The van der Waals surface area contributed by atoms with E-state index in [1.165, 1.54) is 0 Å². The normalized spacial score (nSPS) is 11.1. The first-order chi connectivity index (χ1) is 9.08. The van der Waals surface area contributed by atoms with Gasteiger partial charge in [0.15, 0.2) is 5.58 Å². The van der Waals surface area contributed by atoms with Gasteiger partial charge in [0.2, 0.25) is 0 Å². The van der Waals surface area contributed by atoms with Gasteiger partial charge in [0.25, 0.3) is 0 Å². The van der Waals surface area contributed by atoms with Crippen LogP contribution in [-0.4, -0.2) is 36.1 Å². The molecule has 0 atom stereocenters. The van der Waals surface area contributed by atoms with Crippen molar-refractivity contribution in [2.24, 2.45) is 0 Å². The molecule has 0 aliphatic rings. The standard InChI is InChI=1S/C13H16N2O4/c1-3-18-12(16)8-15(2)7-9-4-5-10-11(6-9)19-13(17)14-10/h4-6H,3,7-8H2,1-2H3,(H,14,17). The maximum atomic E-state index is 11.3. The smallest absolute Gasteiger partial charge is 0.417 e. The average Bonchev–Trinajstić information content (AvgIpc) is 2.68. The Labute approximate surface area is 110 Å².